The monoisotopic (exact) mass is 193 g/mol. The van der Waals surface area contributed by atoms with E-state index in [0.29, 0.717) is 5.92 Å². The minimum Gasteiger partial charge on any atom is -0.404 e. The Labute approximate surface area is 85.8 Å². The molecule has 0 saturated heterocycles. The lowest BCUT2D eigenvalue weighted by Crippen LogP contribution is -2.22. The summed E-state index contributed by atoms with van der Waals surface area (Å²) in [5.74, 6) is 5.71. The van der Waals surface area contributed by atoms with Crippen LogP contribution in [0.5, 0.6) is 0 Å². The van der Waals surface area contributed by atoms with Gasteiger partial charge in [-0.3, -0.25) is 5.84 Å². The Morgan fingerprint density at radius 3 is 2.29 bits per heavy atom. The van der Waals surface area contributed by atoms with E-state index in [2.05, 4.69) is 32.4 Å². The molecular weight excluding hydrogens is 174 g/mol. The summed E-state index contributed by atoms with van der Waals surface area (Å²) in [5.41, 5.74) is 10.5. The van der Waals surface area contributed by atoms with Gasteiger partial charge in [0, 0.05) is 0 Å². The van der Waals surface area contributed by atoms with Gasteiger partial charge in [0.1, 0.15) is 0 Å². The summed E-state index contributed by atoms with van der Waals surface area (Å²) in [6.45, 7) is 11.5. The molecular formula is C11H19N3. The van der Waals surface area contributed by atoms with Gasteiger partial charge >= 0.3 is 0 Å². The summed E-state index contributed by atoms with van der Waals surface area (Å²) in [5, 5.41) is 0. The molecule has 78 valence electrons. The zero-order chi connectivity index (χ0) is 11.1. The second kappa shape index (κ2) is 6.05. The molecule has 14 heavy (non-hydrogen) atoms. The molecule has 0 amide bonds. The Morgan fingerprint density at radius 1 is 1.43 bits per heavy atom. The van der Waals surface area contributed by atoms with Gasteiger partial charge in [0.25, 0.3) is 0 Å². The number of nitrogens with two attached hydrogens (primary N) is 2. The predicted molar refractivity (Wildman–Crippen MR) is 61.9 cm³/mol. The SMILES string of the molecule is C=CC(=C)/C(=C\C(=C/N)C(C)C)NN. The Morgan fingerprint density at radius 2 is 2.00 bits per heavy atom. The highest BCUT2D eigenvalue weighted by atomic mass is 15.2. The summed E-state index contributed by atoms with van der Waals surface area (Å²) in [6.07, 6.45) is 5.08. The average Bonchev–Trinajstić information content (AvgIpc) is 2.18. The van der Waals surface area contributed by atoms with Crippen molar-refractivity contribution in [3.8, 4) is 0 Å². The van der Waals surface area contributed by atoms with Crippen LogP contribution in [0.25, 0.3) is 0 Å². The van der Waals surface area contributed by atoms with Crippen LogP contribution in [-0.4, -0.2) is 0 Å². The number of hydrogen-bond donors (Lipinski definition) is 3. The van der Waals surface area contributed by atoms with Gasteiger partial charge in [-0.1, -0.05) is 33.1 Å². The molecule has 0 atom stereocenters. The van der Waals surface area contributed by atoms with Crippen LogP contribution < -0.4 is 17.0 Å². The van der Waals surface area contributed by atoms with Crippen molar-refractivity contribution in [2.45, 2.75) is 13.8 Å². The van der Waals surface area contributed by atoms with Gasteiger partial charge < -0.3 is 11.2 Å². The number of hydrogen-bond acceptors (Lipinski definition) is 3. The first kappa shape index (κ1) is 12.5. The van der Waals surface area contributed by atoms with Crippen LogP contribution in [0.1, 0.15) is 13.8 Å². The fraction of sp³-hybridized carbons (Fsp3) is 0.273. The molecule has 0 fully saturated rings. The summed E-state index contributed by atoms with van der Waals surface area (Å²) < 4.78 is 0. The van der Waals surface area contributed by atoms with Crippen molar-refractivity contribution < 1.29 is 0 Å². The molecule has 5 N–H and O–H groups in total. The van der Waals surface area contributed by atoms with Crippen molar-refractivity contribution >= 4 is 0 Å². The molecule has 0 aromatic rings. The number of rotatable bonds is 5. The molecule has 0 heterocycles. The normalized spacial score (nSPS) is 12.9. The smallest absolute Gasteiger partial charge is 0.0554 e. The van der Waals surface area contributed by atoms with Gasteiger partial charge in [0.2, 0.25) is 0 Å². The molecule has 0 aromatic carbocycles. The van der Waals surface area contributed by atoms with E-state index >= 15 is 0 Å². The molecule has 0 aliphatic rings. The van der Waals surface area contributed by atoms with Gasteiger partial charge in [-0.05, 0) is 29.3 Å². The van der Waals surface area contributed by atoms with Crippen molar-refractivity contribution in [3.05, 3.63) is 48.4 Å². The van der Waals surface area contributed by atoms with Crippen molar-refractivity contribution in [2.75, 3.05) is 0 Å². The highest BCUT2D eigenvalue weighted by molar-refractivity contribution is 5.39. The molecule has 0 saturated carbocycles. The Balaban J connectivity index is 4.91. The molecule has 0 aliphatic heterocycles. The van der Waals surface area contributed by atoms with Crippen LogP contribution in [0.2, 0.25) is 0 Å². The van der Waals surface area contributed by atoms with Crippen LogP contribution >= 0.6 is 0 Å². The molecule has 0 radical (unpaired) electrons. The number of nitrogens with one attached hydrogen (secondary N) is 1. The third-order valence-corrected chi connectivity index (χ3v) is 1.92. The number of hydrazine groups is 1. The van der Waals surface area contributed by atoms with Crippen molar-refractivity contribution in [1.82, 2.24) is 5.43 Å². The molecule has 0 spiro atoms. The first-order valence-corrected chi connectivity index (χ1v) is 4.48. The van der Waals surface area contributed by atoms with Crippen molar-refractivity contribution in [1.29, 1.82) is 0 Å². The Kier molecular flexibility index (Phi) is 5.41. The van der Waals surface area contributed by atoms with E-state index in [0.717, 1.165) is 16.8 Å². The van der Waals surface area contributed by atoms with Crippen molar-refractivity contribution in [3.63, 3.8) is 0 Å². The highest BCUT2D eigenvalue weighted by Crippen LogP contribution is 2.14. The maximum atomic E-state index is 5.49. The Hall–Kier alpha value is -1.48. The third-order valence-electron chi connectivity index (χ3n) is 1.92. The maximum Gasteiger partial charge on any atom is 0.0554 e. The molecule has 0 unspecified atom stereocenters. The third kappa shape index (κ3) is 3.49. The fourth-order valence-corrected chi connectivity index (χ4v) is 0.911. The standard InChI is InChI=1S/C11H19N3/c1-5-9(4)11(14-13)6-10(7-12)8(2)3/h5-8,14H,1,4,12-13H2,2-3H3/b10-7+,11-6+. The van der Waals surface area contributed by atoms with Crippen LogP contribution in [0.15, 0.2) is 48.4 Å². The molecule has 0 aliphatic carbocycles. The van der Waals surface area contributed by atoms with Crippen LogP contribution in [0.3, 0.4) is 0 Å². The van der Waals surface area contributed by atoms with E-state index in [1.165, 1.54) is 0 Å². The van der Waals surface area contributed by atoms with Gasteiger partial charge in [-0.15, -0.1) is 0 Å². The van der Waals surface area contributed by atoms with Crippen LogP contribution in [0.4, 0.5) is 0 Å². The zero-order valence-electron chi connectivity index (χ0n) is 8.88. The van der Waals surface area contributed by atoms with Gasteiger partial charge in [-0.2, -0.15) is 0 Å². The summed E-state index contributed by atoms with van der Waals surface area (Å²) >= 11 is 0. The fourth-order valence-electron chi connectivity index (χ4n) is 0.911. The number of allylic oxidation sites excluding steroid dienone is 3. The largest absolute Gasteiger partial charge is 0.404 e. The predicted octanol–water partition coefficient (Wildman–Crippen LogP) is 1.57. The first-order chi connectivity index (χ1) is 6.56. The second-order valence-corrected chi connectivity index (χ2v) is 3.25. The van der Waals surface area contributed by atoms with E-state index < -0.39 is 0 Å². The highest BCUT2D eigenvalue weighted by Gasteiger charge is 2.02. The van der Waals surface area contributed by atoms with Gasteiger partial charge in [0.05, 0.1) is 5.70 Å². The van der Waals surface area contributed by atoms with E-state index in [4.69, 9.17) is 11.6 Å². The Bertz CT molecular complexity index is 272. The quantitative estimate of drug-likeness (QED) is 0.353. The van der Waals surface area contributed by atoms with Crippen LogP contribution in [0, 0.1) is 5.92 Å². The summed E-state index contributed by atoms with van der Waals surface area (Å²) in [7, 11) is 0. The van der Waals surface area contributed by atoms with Crippen LogP contribution in [-0.2, 0) is 0 Å². The minimum atomic E-state index is 0.348. The lowest BCUT2D eigenvalue weighted by molar-refractivity contribution is 0.781. The zero-order valence-corrected chi connectivity index (χ0v) is 8.88. The average molecular weight is 193 g/mol. The molecule has 0 bridgehead atoms. The van der Waals surface area contributed by atoms with Gasteiger partial charge in [-0.25, -0.2) is 0 Å². The lowest BCUT2D eigenvalue weighted by Gasteiger charge is -2.10. The van der Waals surface area contributed by atoms with Gasteiger partial charge in [0.15, 0.2) is 0 Å². The molecule has 3 heteroatoms. The summed E-state index contributed by atoms with van der Waals surface area (Å²) in [4.78, 5) is 0. The van der Waals surface area contributed by atoms with E-state index in [-0.39, 0.29) is 0 Å². The maximum absolute atomic E-state index is 5.49. The van der Waals surface area contributed by atoms with E-state index in [1.807, 2.05) is 6.08 Å². The minimum absolute atomic E-state index is 0.348. The topological polar surface area (TPSA) is 64.1 Å². The first-order valence-electron chi connectivity index (χ1n) is 4.48. The second-order valence-electron chi connectivity index (χ2n) is 3.25. The van der Waals surface area contributed by atoms with E-state index in [1.54, 1.807) is 12.3 Å². The molecule has 0 aromatic heterocycles. The molecule has 0 rings (SSSR count). The van der Waals surface area contributed by atoms with Crippen molar-refractivity contribution in [2.24, 2.45) is 17.5 Å². The summed E-state index contributed by atoms with van der Waals surface area (Å²) in [6, 6.07) is 0. The molecule has 3 nitrogen and oxygen atoms in total. The van der Waals surface area contributed by atoms with E-state index in [9.17, 15) is 0 Å². The lowest BCUT2D eigenvalue weighted by atomic mass is 10.0.